The molecule has 0 saturated heterocycles. The zero-order valence-electron chi connectivity index (χ0n) is 18.0. The first kappa shape index (κ1) is 20.9. The van der Waals surface area contributed by atoms with Crippen molar-refractivity contribution in [1.82, 2.24) is 14.9 Å². The number of para-hydroxylation sites is 2. The Hall–Kier alpha value is -3.40. The lowest BCUT2D eigenvalue weighted by atomic mass is 10.0. The summed E-state index contributed by atoms with van der Waals surface area (Å²) >= 11 is 0. The second-order valence-electron chi connectivity index (χ2n) is 7.90. The molecule has 1 aromatic heterocycles. The number of carbonyl (C=O) groups is 1. The number of amides is 1. The monoisotopic (exact) mass is 411 g/mol. The number of fused-ring (bicyclic) bond motifs is 1. The Morgan fingerprint density at radius 2 is 1.58 bits per heavy atom. The molecule has 31 heavy (non-hydrogen) atoms. The molecule has 158 valence electrons. The van der Waals surface area contributed by atoms with Crippen molar-refractivity contribution >= 4 is 16.9 Å². The molecule has 1 N–H and O–H groups in total. The number of unbranched alkanes of at least 4 members (excludes halogenated alkanes) is 2. The van der Waals surface area contributed by atoms with Crippen LogP contribution in [0.1, 0.15) is 54.0 Å². The van der Waals surface area contributed by atoms with Gasteiger partial charge < -0.3 is 9.88 Å². The lowest BCUT2D eigenvalue weighted by Gasteiger charge is -2.21. The minimum Gasteiger partial charge on any atom is -0.342 e. The average Bonchev–Trinajstić information content (AvgIpc) is 3.19. The molecule has 0 radical (unpaired) electrons. The maximum absolute atomic E-state index is 13.1. The molecule has 1 heterocycles. The van der Waals surface area contributed by atoms with Crippen molar-refractivity contribution in [3.05, 3.63) is 102 Å². The van der Waals surface area contributed by atoms with Crippen LogP contribution in [0.3, 0.4) is 0 Å². The summed E-state index contributed by atoms with van der Waals surface area (Å²) in [4.78, 5) is 18.0. The zero-order valence-corrected chi connectivity index (χ0v) is 18.0. The molecule has 3 aromatic carbocycles. The third-order valence-corrected chi connectivity index (χ3v) is 5.60. The number of imidazole rings is 1. The van der Waals surface area contributed by atoms with Crippen LogP contribution in [0.4, 0.5) is 0 Å². The Labute approximate surface area is 183 Å². The highest BCUT2D eigenvalue weighted by atomic mass is 16.1. The Morgan fingerprint density at radius 1 is 0.903 bits per heavy atom. The van der Waals surface area contributed by atoms with Crippen LogP contribution in [0.5, 0.6) is 0 Å². The van der Waals surface area contributed by atoms with E-state index >= 15 is 0 Å². The second-order valence-corrected chi connectivity index (χ2v) is 7.90. The van der Waals surface area contributed by atoms with Crippen LogP contribution in [0.15, 0.2) is 84.9 Å². The van der Waals surface area contributed by atoms with Gasteiger partial charge in [0.25, 0.3) is 5.91 Å². The van der Waals surface area contributed by atoms with Gasteiger partial charge in [0.2, 0.25) is 0 Å². The van der Waals surface area contributed by atoms with Crippen molar-refractivity contribution in [3.63, 3.8) is 0 Å². The van der Waals surface area contributed by atoms with Crippen molar-refractivity contribution in [3.8, 4) is 0 Å². The molecule has 0 spiro atoms. The number of benzene rings is 3. The minimum absolute atomic E-state index is 0.0753. The molecular weight excluding hydrogens is 382 g/mol. The molecule has 0 fully saturated rings. The summed E-state index contributed by atoms with van der Waals surface area (Å²) in [5.41, 5.74) is 3.93. The molecule has 4 rings (SSSR count). The van der Waals surface area contributed by atoms with Gasteiger partial charge in [-0.25, -0.2) is 4.98 Å². The number of aromatic nitrogens is 2. The molecule has 1 amide bonds. The summed E-state index contributed by atoms with van der Waals surface area (Å²) in [6.45, 7) is 3.11. The second kappa shape index (κ2) is 10.1. The number of nitrogens with one attached hydrogen (secondary N) is 1. The number of carbonyl (C=O) groups excluding carboxylic acids is 1. The predicted octanol–water partition coefficient (Wildman–Crippen LogP) is 5.94. The maximum atomic E-state index is 13.1. The van der Waals surface area contributed by atoms with E-state index in [1.165, 1.54) is 18.4 Å². The third kappa shape index (κ3) is 5.02. The van der Waals surface area contributed by atoms with Crippen molar-refractivity contribution in [2.24, 2.45) is 0 Å². The molecule has 0 aliphatic heterocycles. The van der Waals surface area contributed by atoms with E-state index in [-0.39, 0.29) is 11.9 Å². The fourth-order valence-corrected chi connectivity index (χ4v) is 4.00. The largest absolute Gasteiger partial charge is 0.342 e. The van der Waals surface area contributed by atoms with Crippen LogP contribution in [-0.2, 0) is 13.0 Å². The van der Waals surface area contributed by atoms with Crippen molar-refractivity contribution < 1.29 is 4.79 Å². The molecule has 0 saturated carbocycles. The van der Waals surface area contributed by atoms with Crippen molar-refractivity contribution in [2.75, 3.05) is 0 Å². The summed E-state index contributed by atoms with van der Waals surface area (Å²) in [5, 5.41) is 3.27. The molecule has 4 aromatic rings. The van der Waals surface area contributed by atoms with Gasteiger partial charge in [-0.15, -0.1) is 0 Å². The first-order valence-electron chi connectivity index (χ1n) is 11.1. The van der Waals surface area contributed by atoms with Gasteiger partial charge in [-0.3, -0.25) is 4.79 Å². The molecule has 0 aliphatic carbocycles. The van der Waals surface area contributed by atoms with Gasteiger partial charge in [0.1, 0.15) is 5.82 Å². The highest BCUT2D eigenvalue weighted by Crippen LogP contribution is 2.25. The van der Waals surface area contributed by atoms with Crippen LogP contribution in [-0.4, -0.2) is 15.5 Å². The Morgan fingerprint density at radius 3 is 2.32 bits per heavy atom. The average molecular weight is 412 g/mol. The first-order valence-corrected chi connectivity index (χ1v) is 11.1. The number of aryl methyl sites for hydroxylation is 1. The van der Waals surface area contributed by atoms with Crippen LogP contribution in [0.25, 0.3) is 11.0 Å². The van der Waals surface area contributed by atoms with E-state index in [1.807, 2.05) is 60.7 Å². The normalized spacial score (nSPS) is 12.0. The van der Waals surface area contributed by atoms with E-state index in [9.17, 15) is 4.79 Å². The van der Waals surface area contributed by atoms with E-state index in [4.69, 9.17) is 4.98 Å². The lowest BCUT2D eigenvalue weighted by Crippen LogP contribution is -2.32. The number of hydrogen-bond donors (Lipinski definition) is 1. The van der Waals surface area contributed by atoms with Crippen LogP contribution < -0.4 is 5.32 Å². The molecule has 0 bridgehead atoms. The smallest absolute Gasteiger partial charge is 0.251 e. The zero-order chi connectivity index (χ0) is 21.5. The van der Waals surface area contributed by atoms with Crippen LogP contribution in [0.2, 0.25) is 0 Å². The van der Waals surface area contributed by atoms with Gasteiger partial charge in [-0.05, 0) is 42.7 Å². The van der Waals surface area contributed by atoms with Gasteiger partial charge in [0.15, 0.2) is 0 Å². The summed E-state index contributed by atoms with van der Waals surface area (Å²) in [6, 6.07) is 27.7. The summed E-state index contributed by atoms with van der Waals surface area (Å²) in [6.07, 6.45) is 4.12. The third-order valence-electron chi connectivity index (χ3n) is 5.60. The molecule has 0 unspecified atom stereocenters. The van der Waals surface area contributed by atoms with Gasteiger partial charge in [0, 0.05) is 12.1 Å². The van der Waals surface area contributed by atoms with Crippen LogP contribution in [0, 0.1) is 0 Å². The van der Waals surface area contributed by atoms with Gasteiger partial charge in [-0.2, -0.15) is 0 Å². The molecule has 1 atom stereocenters. The van der Waals surface area contributed by atoms with Crippen molar-refractivity contribution in [2.45, 2.75) is 45.2 Å². The molecular formula is C27H29N3O. The SMILES string of the molecule is CCCCCn1c([C@@H](Cc2ccccc2)NC(=O)c2ccccc2)nc2ccccc21. The highest BCUT2D eigenvalue weighted by molar-refractivity contribution is 5.94. The Bertz CT molecular complexity index is 1120. The first-order chi connectivity index (χ1) is 15.3. The predicted molar refractivity (Wildman–Crippen MR) is 126 cm³/mol. The van der Waals surface area contributed by atoms with Gasteiger partial charge in [0.05, 0.1) is 17.1 Å². The summed E-state index contributed by atoms with van der Waals surface area (Å²) in [5.74, 6) is 0.846. The van der Waals surface area contributed by atoms with E-state index in [1.54, 1.807) is 0 Å². The van der Waals surface area contributed by atoms with Gasteiger partial charge in [-0.1, -0.05) is 80.4 Å². The number of rotatable bonds is 9. The molecule has 0 aliphatic rings. The quantitative estimate of drug-likeness (QED) is 0.346. The number of hydrogen-bond acceptors (Lipinski definition) is 2. The van der Waals surface area contributed by atoms with Gasteiger partial charge >= 0.3 is 0 Å². The fourth-order valence-electron chi connectivity index (χ4n) is 4.00. The van der Waals surface area contributed by atoms with Crippen molar-refractivity contribution in [1.29, 1.82) is 0 Å². The highest BCUT2D eigenvalue weighted by Gasteiger charge is 2.23. The standard InChI is InChI=1S/C27H29N3O/c1-2-3-12-19-30-25-18-11-10-17-23(25)28-26(30)24(20-21-13-6-4-7-14-21)29-27(31)22-15-8-5-9-16-22/h4-11,13-18,24H,2-3,12,19-20H2,1H3,(H,29,31)/t24-/m1/s1. The molecule has 4 nitrogen and oxygen atoms in total. The Kier molecular flexibility index (Phi) is 6.78. The minimum atomic E-state index is -0.218. The molecule has 4 heteroatoms. The van der Waals surface area contributed by atoms with Crippen LogP contribution >= 0.6 is 0 Å². The number of nitrogens with zero attached hydrogens (tertiary/aromatic N) is 2. The van der Waals surface area contributed by atoms with E-state index < -0.39 is 0 Å². The van der Waals surface area contributed by atoms with E-state index in [0.29, 0.717) is 12.0 Å². The Balaban J connectivity index is 1.72. The lowest BCUT2D eigenvalue weighted by molar-refractivity contribution is 0.0934. The van der Waals surface area contributed by atoms with E-state index in [0.717, 1.165) is 29.8 Å². The summed E-state index contributed by atoms with van der Waals surface area (Å²) < 4.78 is 2.30. The summed E-state index contributed by atoms with van der Waals surface area (Å²) in [7, 11) is 0. The maximum Gasteiger partial charge on any atom is 0.251 e. The van der Waals surface area contributed by atoms with E-state index in [2.05, 4.69) is 41.1 Å². The topological polar surface area (TPSA) is 46.9 Å². The fraction of sp³-hybridized carbons (Fsp3) is 0.259.